The highest BCUT2D eigenvalue weighted by atomic mass is 32.1. The molecule has 2 aliphatic rings. The van der Waals surface area contributed by atoms with Crippen molar-refractivity contribution in [1.29, 1.82) is 0 Å². The van der Waals surface area contributed by atoms with E-state index in [-0.39, 0.29) is 0 Å². The van der Waals surface area contributed by atoms with Crippen LogP contribution in [0.25, 0.3) is 57.8 Å². The number of aliphatic hydroxyl groups is 2. The van der Waals surface area contributed by atoms with E-state index < -0.39 is 38.2 Å². The van der Waals surface area contributed by atoms with Gasteiger partial charge in [0.25, 0.3) is 0 Å². The normalized spacial score (nSPS) is 16.7. The van der Waals surface area contributed by atoms with Crippen molar-refractivity contribution in [2.75, 3.05) is 52.9 Å². The quantitative estimate of drug-likeness (QED) is 0.0276. The van der Waals surface area contributed by atoms with Crippen LogP contribution in [-0.2, 0) is 22.0 Å². The molecule has 0 bridgehead atoms. The Labute approximate surface area is 923 Å². The van der Waals surface area contributed by atoms with E-state index in [9.17, 15) is 19.8 Å². The van der Waals surface area contributed by atoms with Crippen molar-refractivity contribution in [2.45, 2.75) is 223 Å². The van der Waals surface area contributed by atoms with Gasteiger partial charge in [0.1, 0.15) is 57.2 Å². The van der Waals surface area contributed by atoms with Gasteiger partial charge in [-0.3, -0.25) is 9.59 Å². The van der Waals surface area contributed by atoms with Gasteiger partial charge in [-0.1, -0.05) is 311 Å². The molecule has 8 heterocycles. The Kier molecular flexibility index (Phi) is 35.2. The summed E-state index contributed by atoms with van der Waals surface area (Å²) in [7, 11) is -3.53. The first-order valence-electron chi connectivity index (χ1n) is 54.1. The van der Waals surface area contributed by atoms with Crippen LogP contribution in [-0.4, -0.2) is 91.8 Å². The average molecular weight is 2190 g/mol. The number of hydrogen-bond donors (Lipinski definition) is 2. The summed E-state index contributed by atoms with van der Waals surface area (Å²) in [5.41, 5.74) is 8.63. The zero-order valence-electron chi connectivity index (χ0n) is 91.3. The first-order chi connectivity index (χ1) is 72.1. The maximum atomic E-state index is 14.6. The van der Waals surface area contributed by atoms with Crippen molar-refractivity contribution < 1.29 is 57.7 Å². The Balaban J connectivity index is 0.000000205. The van der Waals surface area contributed by atoms with E-state index in [0.717, 1.165) is 215 Å². The summed E-state index contributed by atoms with van der Waals surface area (Å²) in [4.78, 5) is 35.9. The monoisotopic (exact) mass is 2190 g/mol. The Morgan fingerprint density at radius 3 is 0.667 bits per heavy atom. The zero-order chi connectivity index (χ0) is 106. The molecule has 0 amide bonds. The second-order valence-corrected chi connectivity index (χ2v) is 63.3. The summed E-state index contributed by atoms with van der Waals surface area (Å²) < 4.78 is 58.0. The highest BCUT2D eigenvalue weighted by molar-refractivity contribution is 7.37. The summed E-state index contributed by atoms with van der Waals surface area (Å²) in [6.07, 6.45) is 10.3. The smallest absolute Gasteiger partial charge is 0.160 e. The minimum atomic E-state index is -1.76. The molecule has 2 N–H and O–H groups in total. The molecule has 150 heavy (non-hydrogen) atoms. The summed E-state index contributed by atoms with van der Waals surface area (Å²) in [5.74, 6) is 9.75. The van der Waals surface area contributed by atoms with Crippen LogP contribution in [0.3, 0.4) is 0 Å². The number of rotatable bonds is 48. The highest BCUT2D eigenvalue weighted by Crippen LogP contribution is 2.71. The summed E-state index contributed by atoms with van der Waals surface area (Å²) >= 11 is 13.9. The Morgan fingerprint density at radius 2 is 0.473 bits per heavy atom. The van der Waals surface area contributed by atoms with Gasteiger partial charge in [0.15, 0.2) is 12.6 Å². The Bertz CT molecular complexity index is 6580. The molecule has 16 aromatic rings. The van der Waals surface area contributed by atoms with Gasteiger partial charge in [-0.05, 0) is 233 Å². The molecule has 8 aromatic heterocycles. The predicted molar refractivity (Wildman–Crippen MR) is 643 cm³/mol. The largest absolute Gasteiger partial charge is 0.493 e. The number of fused-ring (bicyclic) bond motifs is 10. The third-order valence-corrected chi connectivity index (χ3v) is 48.0. The van der Waals surface area contributed by atoms with Crippen LogP contribution in [0.2, 0.25) is 39.3 Å². The highest BCUT2D eigenvalue weighted by Gasteiger charge is 2.56. The molecule has 12 nitrogen and oxygen atoms in total. The lowest BCUT2D eigenvalue weighted by Gasteiger charge is -2.34. The lowest BCUT2D eigenvalue weighted by atomic mass is 9.67. The predicted octanol–water partition coefficient (Wildman–Crippen LogP) is 34.9. The van der Waals surface area contributed by atoms with E-state index >= 15 is 0 Å². The molecule has 18 rings (SSSR count). The van der Waals surface area contributed by atoms with Gasteiger partial charge < -0.3 is 48.1 Å². The Morgan fingerprint density at radius 1 is 0.267 bits per heavy atom. The molecule has 0 aliphatic heterocycles. The SMILES string of the molecule is CC[C@@H](C)COc1ccc(C(O)(c2ccc(OC[C@@H](C)CC)cc2)c2c(-c3ccc([Si](C)(C)C)s3)sc3c(C(O)(c4ccc(OC[C@H](C)CC)cc4)c4ccc(OC[C@@H](C)CC)cc4)c(-c4ccc([Si](C)(C)C)s4)sc23)cc1.CC[C@@H](C)COc1ccc(C2(c3ccc(OC[C@@H](C)CC)cc3)c3cc(C=O)sc3-c3sc4c5c(sc4c32)-c2sc(C=O)cc2C5(c2ccc(OC[C@H](C)CC)cc2)c2ccc(OC[C@@H](C)CC)cc2)cc1. The molecule has 0 fully saturated rings. The average Bonchev–Trinajstić information content (AvgIpc) is 1.48. The van der Waals surface area contributed by atoms with Crippen molar-refractivity contribution in [3.63, 3.8) is 0 Å². The van der Waals surface area contributed by atoms with Crippen LogP contribution >= 0.6 is 90.7 Å². The number of hydrogen-bond acceptors (Lipinski definition) is 20. The molecular formula is C128H148O12S8Si2. The van der Waals surface area contributed by atoms with E-state index in [1.807, 2.05) is 142 Å². The molecule has 788 valence electrons. The standard InChI is InChI=1S/C66H84O6S4Si2.C62H64O6S4/c1-15-43(5)39-69-51-27-19-47(20-28-51)65(67,48-21-29-52(30-22-48)70-40-44(6)16-2)59-61(55-35-37-57(73-55)77(9,10)11)75-64-60(62(76-63(59)64)56-36-38-58(74-56)78(12,13)14)66(68,49-23-31-53(32-24-49)71-41-45(7)17-3)50-25-33-54(34-26-50)72-42-46(8)18-4;1-9-37(5)33-65-45-21-13-41(14-22-45)61(42-15-23-46(24-16-42)66-34-38(6)10-2)51-29-49(31-63)69-55(51)57-53(61)59-60(71-57)54-58(72-59)56-52(30-50(32-64)70-56)62(54,43-17-25-47(26-18-43)67-35-39(7)11-3)44-19-27-48(28-20-44)68-36-40(8)12-4/h19-38,43-46,67-68H,15-18,39-42H2,1-14H3;13-32,37-40H,9-12,33-36H2,1-8H3/t43-,44+,45-,46+,65?,66?;37-,38+,39-,40+,61?,62?. The van der Waals surface area contributed by atoms with Gasteiger partial charge in [-0.15, -0.1) is 90.7 Å². The van der Waals surface area contributed by atoms with Gasteiger partial charge in [0.2, 0.25) is 0 Å². The van der Waals surface area contributed by atoms with Crippen LogP contribution in [0.4, 0.5) is 0 Å². The van der Waals surface area contributed by atoms with Crippen molar-refractivity contribution in [3.05, 3.63) is 318 Å². The van der Waals surface area contributed by atoms with Gasteiger partial charge in [-0.2, -0.15) is 0 Å². The maximum absolute atomic E-state index is 14.6. The summed E-state index contributed by atoms with van der Waals surface area (Å²) in [5, 5.41) is 29.1. The first-order valence-corrected chi connectivity index (χ1v) is 67.6. The van der Waals surface area contributed by atoms with Crippen LogP contribution in [0.1, 0.15) is 259 Å². The second-order valence-electron chi connectivity index (χ2n) is 44.1. The van der Waals surface area contributed by atoms with Gasteiger partial charge >= 0.3 is 0 Å². The van der Waals surface area contributed by atoms with Crippen molar-refractivity contribution >= 4 is 147 Å². The number of carbonyl (C=O) groups excluding carboxylic acids is 2. The van der Waals surface area contributed by atoms with Gasteiger partial charge in [-0.25, -0.2) is 0 Å². The van der Waals surface area contributed by atoms with E-state index in [2.05, 4.69) is 284 Å². The third kappa shape index (κ3) is 22.4. The van der Waals surface area contributed by atoms with Crippen LogP contribution in [0, 0.1) is 47.3 Å². The topological polar surface area (TPSA) is 148 Å². The van der Waals surface area contributed by atoms with E-state index in [1.54, 1.807) is 45.3 Å². The summed E-state index contributed by atoms with van der Waals surface area (Å²) in [6, 6.07) is 80.5. The number of thiophene rings is 8. The minimum Gasteiger partial charge on any atom is -0.493 e. The van der Waals surface area contributed by atoms with E-state index in [4.69, 9.17) is 37.9 Å². The van der Waals surface area contributed by atoms with Crippen LogP contribution in [0.15, 0.2) is 231 Å². The lowest BCUT2D eigenvalue weighted by Crippen LogP contribution is -2.34. The van der Waals surface area contributed by atoms with Crippen molar-refractivity contribution in [3.8, 4) is 85.0 Å². The van der Waals surface area contributed by atoms with Gasteiger partial charge in [0.05, 0.1) is 138 Å². The number of aldehydes is 2. The number of carbonyl (C=O) groups is 2. The first kappa shape index (κ1) is 111. The molecule has 12 atom stereocenters. The fourth-order valence-corrected chi connectivity index (χ4v) is 33.9. The molecular weight excluding hydrogens is 2040 g/mol. The molecule has 4 unspecified atom stereocenters. The van der Waals surface area contributed by atoms with Crippen molar-refractivity contribution in [1.82, 2.24) is 0 Å². The zero-order valence-corrected chi connectivity index (χ0v) is 99.8. The fourth-order valence-electron chi connectivity index (χ4n) is 19.4. The molecule has 22 heteroatoms. The number of benzene rings is 8. The second kappa shape index (κ2) is 47.5. The Hall–Kier alpha value is -10.0. The molecule has 0 saturated carbocycles. The third-order valence-electron chi connectivity index (χ3n) is 30.7. The molecule has 0 radical (unpaired) electrons. The maximum Gasteiger partial charge on any atom is 0.160 e. The lowest BCUT2D eigenvalue weighted by molar-refractivity contribution is 0.111. The van der Waals surface area contributed by atoms with Crippen LogP contribution in [0.5, 0.6) is 46.0 Å². The molecule has 0 saturated heterocycles. The molecule has 0 spiro atoms. The van der Waals surface area contributed by atoms with Crippen molar-refractivity contribution in [2.24, 2.45) is 47.3 Å². The van der Waals surface area contributed by atoms with E-state index in [1.165, 1.54) is 39.3 Å². The fraction of sp³-hybridized carbons (Fsp3) is 0.391. The molecule has 8 aromatic carbocycles. The summed E-state index contributed by atoms with van der Waals surface area (Å²) in [6.45, 7) is 54.6. The molecule has 2 aliphatic carbocycles. The minimum absolute atomic E-state index is 0.406. The number of ether oxygens (including phenoxy) is 8. The van der Waals surface area contributed by atoms with Gasteiger partial charge in [0, 0.05) is 32.0 Å². The van der Waals surface area contributed by atoms with Crippen LogP contribution < -0.4 is 46.9 Å². The van der Waals surface area contributed by atoms with E-state index in [0.29, 0.717) is 110 Å².